The standard InChI is InChI=1S/C9H9NOS/c1-3-6-10(2)9(11)8-5-4-7-12-8/h1,4-5,7H,6H2,2H3. The predicted molar refractivity (Wildman–Crippen MR) is 50.1 cm³/mol. The molecular weight excluding hydrogens is 170 g/mol. The average molecular weight is 179 g/mol. The molecule has 0 N–H and O–H groups in total. The third-order valence-corrected chi connectivity index (χ3v) is 2.26. The molecule has 0 saturated carbocycles. The maximum absolute atomic E-state index is 11.4. The van der Waals surface area contributed by atoms with Gasteiger partial charge < -0.3 is 4.90 Å². The van der Waals surface area contributed by atoms with Crippen molar-refractivity contribution < 1.29 is 4.79 Å². The van der Waals surface area contributed by atoms with E-state index < -0.39 is 0 Å². The van der Waals surface area contributed by atoms with Gasteiger partial charge in [-0.25, -0.2) is 0 Å². The van der Waals surface area contributed by atoms with E-state index in [1.807, 2.05) is 11.4 Å². The second-order valence-electron chi connectivity index (χ2n) is 2.34. The lowest BCUT2D eigenvalue weighted by atomic mass is 10.4. The van der Waals surface area contributed by atoms with E-state index in [0.717, 1.165) is 4.88 Å². The SMILES string of the molecule is C#CCN(C)C(=O)c1cccs1. The minimum atomic E-state index is -0.0112. The van der Waals surface area contributed by atoms with Crippen LogP contribution in [0.15, 0.2) is 17.5 Å². The van der Waals surface area contributed by atoms with Gasteiger partial charge in [-0.05, 0) is 11.4 Å². The maximum Gasteiger partial charge on any atom is 0.264 e. The van der Waals surface area contributed by atoms with Crippen LogP contribution in [0.3, 0.4) is 0 Å². The van der Waals surface area contributed by atoms with Gasteiger partial charge in [-0.15, -0.1) is 17.8 Å². The first-order valence-electron chi connectivity index (χ1n) is 3.48. The topological polar surface area (TPSA) is 20.3 Å². The quantitative estimate of drug-likeness (QED) is 0.629. The summed E-state index contributed by atoms with van der Waals surface area (Å²) in [7, 11) is 1.70. The van der Waals surface area contributed by atoms with E-state index in [-0.39, 0.29) is 5.91 Å². The molecule has 0 aliphatic heterocycles. The van der Waals surface area contributed by atoms with Crippen molar-refractivity contribution in [2.24, 2.45) is 0 Å². The predicted octanol–water partition coefficient (Wildman–Crippen LogP) is 1.45. The zero-order valence-electron chi connectivity index (χ0n) is 6.78. The first-order valence-corrected chi connectivity index (χ1v) is 4.36. The summed E-state index contributed by atoms with van der Waals surface area (Å²) in [5.41, 5.74) is 0. The van der Waals surface area contributed by atoms with E-state index in [0.29, 0.717) is 6.54 Å². The summed E-state index contributed by atoms with van der Waals surface area (Å²) in [6.45, 7) is 0.358. The molecule has 0 unspecified atom stereocenters. The van der Waals surface area contributed by atoms with E-state index in [2.05, 4.69) is 5.92 Å². The molecule has 1 rings (SSSR count). The molecule has 1 aromatic rings. The number of hydrogen-bond acceptors (Lipinski definition) is 2. The Morgan fingerprint density at radius 3 is 3.08 bits per heavy atom. The van der Waals surface area contributed by atoms with E-state index in [1.54, 1.807) is 13.1 Å². The van der Waals surface area contributed by atoms with Crippen molar-refractivity contribution in [1.82, 2.24) is 4.90 Å². The fourth-order valence-corrected chi connectivity index (χ4v) is 1.51. The molecule has 0 bridgehead atoms. The number of terminal acetylenes is 1. The second-order valence-corrected chi connectivity index (χ2v) is 3.29. The van der Waals surface area contributed by atoms with Crippen molar-refractivity contribution >= 4 is 17.2 Å². The summed E-state index contributed by atoms with van der Waals surface area (Å²) in [5, 5.41) is 1.87. The first kappa shape index (κ1) is 8.82. The highest BCUT2D eigenvalue weighted by atomic mass is 32.1. The molecule has 0 radical (unpaired) electrons. The highest BCUT2D eigenvalue weighted by molar-refractivity contribution is 7.12. The number of hydrogen-bond donors (Lipinski definition) is 0. The van der Waals surface area contributed by atoms with Crippen LogP contribution in [-0.4, -0.2) is 24.4 Å². The third kappa shape index (κ3) is 1.86. The van der Waals surface area contributed by atoms with Crippen molar-refractivity contribution in [2.75, 3.05) is 13.6 Å². The van der Waals surface area contributed by atoms with Gasteiger partial charge >= 0.3 is 0 Å². The summed E-state index contributed by atoms with van der Waals surface area (Å²) >= 11 is 1.43. The third-order valence-electron chi connectivity index (χ3n) is 1.41. The Hall–Kier alpha value is -1.27. The van der Waals surface area contributed by atoms with Crippen molar-refractivity contribution in [2.45, 2.75) is 0 Å². The van der Waals surface area contributed by atoms with Gasteiger partial charge in [0.15, 0.2) is 0 Å². The highest BCUT2D eigenvalue weighted by Gasteiger charge is 2.10. The molecule has 1 heterocycles. The molecule has 62 valence electrons. The van der Waals surface area contributed by atoms with Crippen LogP contribution in [0.25, 0.3) is 0 Å². The molecule has 0 atom stereocenters. The highest BCUT2D eigenvalue weighted by Crippen LogP contribution is 2.10. The minimum Gasteiger partial charge on any atom is -0.330 e. The van der Waals surface area contributed by atoms with E-state index in [9.17, 15) is 4.79 Å². The number of rotatable bonds is 2. The smallest absolute Gasteiger partial charge is 0.264 e. The van der Waals surface area contributed by atoms with Crippen LogP contribution in [-0.2, 0) is 0 Å². The maximum atomic E-state index is 11.4. The second kappa shape index (κ2) is 3.93. The molecule has 12 heavy (non-hydrogen) atoms. The zero-order valence-corrected chi connectivity index (χ0v) is 7.60. The summed E-state index contributed by atoms with van der Waals surface area (Å²) < 4.78 is 0. The molecule has 1 amide bonds. The van der Waals surface area contributed by atoms with Crippen molar-refractivity contribution in [3.05, 3.63) is 22.4 Å². The van der Waals surface area contributed by atoms with Gasteiger partial charge in [-0.3, -0.25) is 4.79 Å². The van der Waals surface area contributed by atoms with Gasteiger partial charge in [0, 0.05) is 7.05 Å². The van der Waals surface area contributed by atoms with E-state index in [1.165, 1.54) is 16.2 Å². The normalized spacial score (nSPS) is 9.00. The lowest BCUT2D eigenvalue weighted by molar-refractivity contribution is 0.0817. The molecule has 2 nitrogen and oxygen atoms in total. The van der Waals surface area contributed by atoms with Crippen LogP contribution >= 0.6 is 11.3 Å². The monoisotopic (exact) mass is 179 g/mol. The van der Waals surface area contributed by atoms with Crippen LogP contribution in [0.4, 0.5) is 0 Å². The molecule has 0 aliphatic carbocycles. The Morgan fingerprint density at radius 1 is 1.83 bits per heavy atom. The fourth-order valence-electron chi connectivity index (χ4n) is 0.797. The summed E-state index contributed by atoms with van der Waals surface area (Å²) in [6, 6.07) is 3.64. The number of nitrogens with zero attached hydrogens (tertiary/aromatic N) is 1. The van der Waals surface area contributed by atoms with Gasteiger partial charge in [0.1, 0.15) is 0 Å². The van der Waals surface area contributed by atoms with Crippen molar-refractivity contribution in [1.29, 1.82) is 0 Å². The number of thiophene rings is 1. The number of carbonyl (C=O) groups is 1. The van der Waals surface area contributed by atoms with Gasteiger partial charge in [0.2, 0.25) is 0 Å². The fraction of sp³-hybridized carbons (Fsp3) is 0.222. The molecular formula is C9H9NOS. The summed E-state index contributed by atoms with van der Waals surface area (Å²) in [5.74, 6) is 2.41. The Morgan fingerprint density at radius 2 is 2.58 bits per heavy atom. The lowest BCUT2D eigenvalue weighted by Crippen LogP contribution is -2.26. The number of carbonyl (C=O) groups excluding carboxylic acids is 1. The van der Waals surface area contributed by atoms with E-state index in [4.69, 9.17) is 6.42 Å². The largest absolute Gasteiger partial charge is 0.330 e. The van der Waals surface area contributed by atoms with Crippen LogP contribution in [0.1, 0.15) is 9.67 Å². The van der Waals surface area contributed by atoms with Gasteiger partial charge in [0.25, 0.3) is 5.91 Å². The van der Waals surface area contributed by atoms with Crippen LogP contribution in [0.2, 0.25) is 0 Å². The molecule has 0 fully saturated rings. The van der Waals surface area contributed by atoms with Gasteiger partial charge in [-0.2, -0.15) is 0 Å². The number of amides is 1. The minimum absolute atomic E-state index is 0.0112. The molecule has 0 spiro atoms. The van der Waals surface area contributed by atoms with Gasteiger partial charge in [0.05, 0.1) is 11.4 Å². The van der Waals surface area contributed by atoms with Crippen molar-refractivity contribution in [3.63, 3.8) is 0 Å². The lowest BCUT2D eigenvalue weighted by Gasteiger charge is -2.11. The summed E-state index contributed by atoms with van der Waals surface area (Å²) in [4.78, 5) is 13.7. The average Bonchev–Trinajstić information content (AvgIpc) is 2.55. The molecule has 3 heteroatoms. The molecule has 0 aromatic carbocycles. The van der Waals surface area contributed by atoms with Crippen LogP contribution in [0, 0.1) is 12.3 Å². The first-order chi connectivity index (χ1) is 5.75. The molecule has 1 aromatic heterocycles. The summed E-state index contributed by atoms with van der Waals surface area (Å²) in [6.07, 6.45) is 5.08. The van der Waals surface area contributed by atoms with Crippen molar-refractivity contribution in [3.8, 4) is 12.3 Å². The van der Waals surface area contributed by atoms with E-state index >= 15 is 0 Å². The zero-order chi connectivity index (χ0) is 8.97. The van der Waals surface area contributed by atoms with Gasteiger partial charge in [-0.1, -0.05) is 12.0 Å². The Labute approximate surface area is 75.8 Å². The van der Waals surface area contributed by atoms with Crippen LogP contribution in [0.5, 0.6) is 0 Å². The Balaban J connectivity index is 2.67. The Kier molecular flexibility index (Phi) is 2.89. The van der Waals surface area contributed by atoms with Crippen LogP contribution < -0.4 is 0 Å². The molecule has 0 saturated heterocycles. The Bertz CT molecular complexity index is 297. The molecule has 0 aliphatic rings.